The van der Waals surface area contributed by atoms with E-state index in [1.165, 1.54) is 4.90 Å². The third-order valence-corrected chi connectivity index (χ3v) is 5.42. The first-order chi connectivity index (χ1) is 15.3. The molecule has 9 heteroatoms. The Bertz CT molecular complexity index is 1180. The van der Waals surface area contributed by atoms with Crippen LogP contribution in [0.1, 0.15) is 45.5 Å². The van der Waals surface area contributed by atoms with Crippen LogP contribution >= 0.6 is 0 Å². The summed E-state index contributed by atoms with van der Waals surface area (Å²) in [5, 5.41) is 13.9. The van der Waals surface area contributed by atoms with Gasteiger partial charge in [-0.1, -0.05) is 12.1 Å². The lowest BCUT2D eigenvalue weighted by molar-refractivity contribution is -0.136. The Kier molecular flexibility index (Phi) is 5.60. The van der Waals surface area contributed by atoms with Crippen molar-refractivity contribution in [3.05, 3.63) is 64.2 Å². The number of carbonyl (C=O) groups excluding carboxylic acids is 4. The van der Waals surface area contributed by atoms with Crippen LogP contribution < -0.4 is 10.6 Å². The van der Waals surface area contributed by atoms with E-state index in [4.69, 9.17) is 10.00 Å². The predicted octanol–water partition coefficient (Wildman–Crippen LogP) is 2.38. The zero-order valence-electron chi connectivity index (χ0n) is 17.3. The number of nitriles is 1. The van der Waals surface area contributed by atoms with Gasteiger partial charge in [0.2, 0.25) is 11.8 Å². The molecule has 2 N–H and O–H groups in total. The van der Waals surface area contributed by atoms with Gasteiger partial charge < -0.3 is 9.64 Å². The summed E-state index contributed by atoms with van der Waals surface area (Å²) in [5.41, 5.74) is 3.56. The summed E-state index contributed by atoms with van der Waals surface area (Å²) in [5.74, 6) is -1.08. The van der Waals surface area contributed by atoms with Crippen LogP contribution in [-0.4, -0.2) is 34.8 Å². The summed E-state index contributed by atoms with van der Waals surface area (Å²) in [6, 6.07) is 11.5. The molecule has 0 bridgehead atoms. The van der Waals surface area contributed by atoms with Crippen LogP contribution in [0.2, 0.25) is 0 Å². The van der Waals surface area contributed by atoms with E-state index in [2.05, 4.69) is 10.6 Å². The van der Waals surface area contributed by atoms with Crippen LogP contribution in [0.4, 0.5) is 10.5 Å². The van der Waals surface area contributed by atoms with E-state index >= 15 is 0 Å². The lowest BCUT2D eigenvalue weighted by Gasteiger charge is -2.29. The number of amides is 4. The molecule has 2 aliphatic heterocycles. The number of benzene rings is 2. The molecule has 1 unspecified atom stereocenters. The van der Waals surface area contributed by atoms with Crippen LogP contribution in [0.5, 0.6) is 0 Å². The molecule has 32 heavy (non-hydrogen) atoms. The van der Waals surface area contributed by atoms with Crippen LogP contribution in [0, 0.1) is 18.3 Å². The molecule has 162 valence electrons. The van der Waals surface area contributed by atoms with Crippen LogP contribution in [-0.2, 0) is 27.5 Å². The van der Waals surface area contributed by atoms with E-state index in [0.29, 0.717) is 28.8 Å². The second-order valence-electron chi connectivity index (χ2n) is 7.79. The van der Waals surface area contributed by atoms with E-state index in [0.717, 1.165) is 11.1 Å². The van der Waals surface area contributed by atoms with Crippen LogP contribution in [0.25, 0.3) is 0 Å². The van der Waals surface area contributed by atoms with Crippen molar-refractivity contribution >= 4 is 29.5 Å². The van der Waals surface area contributed by atoms with Gasteiger partial charge in [0, 0.05) is 24.2 Å². The molecule has 2 aromatic carbocycles. The minimum Gasteiger partial charge on any atom is -0.444 e. The molecule has 0 saturated carbocycles. The maximum Gasteiger partial charge on any atom is 0.411 e. The van der Waals surface area contributed by atoms with Gasteiger partial charge in [-0.05, 0) is 54.3 Å². The Hall–Kier alpha value is -4.19. The van der Waals surface area contributed by atoms with Crippen molar-refractivity contribution in [2.45, 2.75) is 39.0 Å². The fraction of sp³-hybridized carbons (Fsp3) is 0.261. The lowest BCUT2D eigenvalue weighted by atomic mass is 10.0. The zero-order valence-corrected chi connectivity index (χ0v) is 17.3. The minimum absolute atomic E-state index is 0.0538. The summed E-state index contributed by atoms with van der Waals surface area (Å²) in [7, 11) is 0. The molecule has 1 fully saturated rings. The molecule has 2 aromatic rings. The van der Waals surface area contributed by atoms with Gasteiger partial charge in [-0.15, -0.1) is 0 Å². The number of piperidine rings is 1. The highest BCUT2D eigenvalue weighted by molar-refractivity contribution is 6.05. The van der Waals surface area contributed by atoms with Crippen molar-refractivity contribution in [1.29, 1.82) is 5.26 Å². The summed E-state index contributed by atoms with van der Waals surface area (Å²) >= 11 is 0. The molecule has 1 atom stereocenters. The molecule has 2 heterocycles. The van der Waals surface area contributed by atoms with Crippen molar-refractivity contribution in [2.24, 2.45) is 0 Å². The van der Waals surface area contributed by atoms with Crippen molar-refractivity contribution in [2.75, 3.05) is 5.32 Å². The van der Waals surface area contributed by atoms with Gasteiger partial charge in [0.05, 0.1) is 11.6 Å². The SMILES string of the molecule is Cc1cc(C#N)cc(NC(=O)OCc2ccc3c(c2)C(=O)N(C2CCC(=O)NC2=O)C3)c1. The second-order valence-corrected chi connectivity index (χ2v) is 7.79. The van der Waals surface area contributed by atoms with E-state index in [1.807, 2.05) is 13.0 Å². The van der Waals surface area contributed by atoms with Crippen LogP contribution in [0.15, 0.2) is 36.4 Å². The molecule has 0 radical (unpaired) electrons. The van der Waals surface area contributed by atoms with E-state index in [1.54, 1.807) is 36.4 Å². The molecule has 9 nitrogen and oxygen atoms in total. The van der Waals surface area contributed by atoms with Crippen molar-refractivity contribution in [3.8, 4) is 6.07 Å². The third-order valence-electron chi connectivity index (χ3n) is 5.42. The van der Waals surface area contributed by atoms with E-state index in [-0.39, 0.29) is 31.4 Å². The number of fused-ring (bicyclic) bond motifs is 1. The molecule has 1 saturated heterocycles. The molecule has 0 aromatic heterocycles. The Labute approximate surface area is 184 Å². The normalized spacial score (nSPS) is 17.4. The quantitative estimate of drug-likeness (QED) is 0.714. The maximum atomic E-state index is 12.9. The zero-order chi connectivity index (χ0) is 22.8. The number of nitrogens with one attached hydrogen (secondary N) is 2. The van der Waals surface area contributed by atoms with Crippen molar-refractivity contribution in [1.82, 2.24) is 10.2 Å². The van der Waals surface area contributed by atoms with E-state index < -0.39 is 18.0 Å². The van der Waals surface area contributed by atoms with Gasteiger partial charge in [0.25, 0.3) is 5.91 Å². The summed E-state index contributed by atoms with van der Waals surface area (Å²) in [4.78, 5) is 50.0. The fourth-order valence-electron chi connectivity index (χ4n) is 3.91. The summed E-state index contributed by atoms with van der Waals surface area (Å²) in [6.45, 7) is 2.05. The van der Waals surface area contributed by atoms with Gasteiger partial charge in [-0.25, -0.2) is 4.79 Å². The molecule has 4 amide bonds. The maximum absolute atomic E-state index is 12.9. The standard InChI is InChI=1S/C23H20N4O5/c1-13-6-15(10-24)8-17(7-13)25-23(31)32-12-14-2-3-16-11-27(22(30)18(16)9-14)19-4-5-20(28)26-21(19)29/h2-3,6-9,19H,4-5,11-12H2,1H3,(H,25,31)(H,26,28,29). The number of aryl methyl sites for hydroxylation is 1. The Morgan fingerprint density at radius 3 is 2.81 bits per heavy atom. The van der Waals surface area contributed by atoms with Gasteiger partial charge in [-0.2, -0.15) is 5.26 Å². The fourth-order valence-corrected chi connectivity index (χ4v) is 3.91. The molecule has 2 aliphatic rings. The number of imide groups is 1. The molecule has 0 aliphatic carbocycles. The number of anilines is 1. The Morgan fingerprint density at radius 1 is 1.25 bits per heavy atom. The first-order valence-electron chi connectivity index (χ1n) is 10.1. The largest absolute Gasteiger partial charge is 0.444 e. The van der Waals surface area contributed by atoms with Gasteiger partial charge in [0.15, 0.2) is 0 Å². The summed E-state index contributed by atoms with van der Waals surface area (Å²) < 4.78 is 5.25. The highest BCUT2D eigenvalue weighted by atomic mass is 16.5. The average molecular weight is 432 g/mol. The van der Waals surface area contributed by atoms with Gasteiger partial charge in [-0.3, -0.25) is 25.0 Å². The second kappa shape index (κ2) is 8.51. The Balaban J connectivity index is 1.39. The highest BCUT2D eigenvalue weighted by Crippen LogP contribution is 2.28. The number of hydrogen-bond acceptors (Lipinski definition) is 6. The average Bonchev–Trinajstić information content (AvgIpc) is 3.07. The summed E-state index contributed by atoms with van der Waals surface area (Å²) in [6.07, 6.45) is -0.189. The molecular weight excluding hydrogens is 412 g/mol. The predicted molar refractivity (Wildman–Crippen MR) is 112 cm³/mol. The monoisotopic (exact) mass is 432 g/mol. The molecular formula is C23H20N4O5. The molecule has 4 rings (SSSR count). The minimum atomic E-state index is -0.684. The van der Waals surface area contributed by atoms with E-state index in [9.17, 15) is 19.2 Å². The highest BCUT2D eigenvalue weighted by Gasteiger charge is 2.39. The first kappa shape index (κ1) is 21.1. The number of ether oxygens (including phenoxy) is 1. The number of hydrogen-bond donors (Lipinski definition) is 2. The lowest BCUT2D eigenvalue weighted by Crippen LogP contribution is -2.52. The Morgan fingerprint density at radius 2 is 2.06 bits per heavy atom. The number of carbonyl (C=O) groups is 4. The van der Waals surface area contributed by atoms with Gasteiger partial charge in [0.1, 0.15) is 12.6 Å². The number of nitrogens with zero attached hydrogens (tertiary/aromatic N) is 2. The van der Waals surface area contributed by atoms with Gasteiger partial charge >= 0.3 is 6.09 Å². The third kappa shape index (κ3) is 4.30. The van der Waals surface area contributed by atoms with Crippen molar-refractivity contribution < 1.29 is 23.9 Å². The molecule has 0 spiro atoms. The topological polar surface area (TPSA) is 129 Å². The van der Waals surface area contributed by atoms with Crippen molar-refractivity contribution in [3.63, 3.8) is 0 Å². The van der Waals surface area contributed by atoms with Crippen LogP contribution in [0.3, 0.4) is 0 Å². The number of rotatable bonds is 4. The first-order valence-corrected chi connectivity index (χ1v) is 10.1. The smallest absolute Gasteiger partial charge is 0.411 e.